The highest BCUT2D eigenvalue weighted by molar-refractivity contribution is 7.71. The summed E-state index contributed by atoms with van der Waals surface area (Å²) in [5, 5.41) is 9.99. The lowest BCUT2D eigenvalue weighted by atomic mass is 10.1. The average molecular weight is 273 g/mol. The number of aromatic amines is 1. The molecule has 3 aromatic rings. The predicted octanol–water partition coefficient (Wildman–Crippen LogP) is 4.61. The number of rotatable bonds is 1. The van der Waals surface area contributed by atoms with E-state index in [0.29, 0.717) is 9.66 Å². The Morgan fingerprint density at radius 2 is 1.61 bits per heavy atom. The molecule has 0 aliphatic rings. The molecule has 18 heavy (non-hydrogen) atoms. The van der Waals surface area contributed by atoms with Crippen molar-refractivity contribution < 1.29 is 0 Å². The second kappa shape index (κ2) is 4.52. The predicted molar refractivity (Wildman–Crippen MR) is 77.4 cm³/mol. The zero-order chi connectivity index (χ0) is 12.5. The Hall–Kier alpha value is -1.71. The summed E-state index contributed by atoms with van der Waals surface area (Å²) in [5.41, 5.74) is 1.90. The van der Waals surface area contributed by atoms with Crippen molar-refractivity contribution in [2.24, 2.45) is 0 Å². The summed E-state index contributed by atoms with van der Waals surface area (Å²) in [4.78, 5) is 0. The number of benzene rings is 2. The first kappa shape index (κ1) is 11.4. The number of nitrogens with zero attached hydrogens (tertiary/aromatic N) is 1. The monoisotopic (exact) mass is 272 g/mol. The summed E-state index contributed by atoms with van der Waals surface area (Å²) in [6.45, 7) is 0. The molecule has 1 N–H and O–H groups in total. The summed E-state index contributed by atoms with van der Waals surface area (Å²) in [6, 6.07) is 15.6. The minimum atomic E-state index is 0.656. The Morgan fingerprint density at radius 1 is 0.944 bits per heavy atom. The second-order valence-corrected chi connectivity index (χ2v) is 4.80. The molecule has 0 atom stereocenters. The third-order valence-corrected chi connectivity index (χ3v) is 3.38. The fourth-order valence-electron chi connectivity index (χ4n) is 1.94. The van der Waals surface area contributed by atoms with Gasteiger partial charge in [0.25, 0.3) is 0 Å². The lowest BCUT2D eigenvalue weighted by Gasteiger charge is -2.05. The van der Waals surface area contributed by atoms with E-state index < -0.39 is 0 Å². The van der Waals surface area contributed by atoms with Crippen LogP contribution in [0.4, 0.5) is 0 Å². The van der Waals surface area contributed by atoms with Crippen LogP contribution in [0.3, 0.4) is 0 Å². The molecule has 3 rings (SSSR count). The molecule has 0 saturated carbocycles. The normalized spacial score (nSPS) is 10.7. The molecule has 0 radical (unpaired) electrons. The number of hydrogen-bond acceptors (Lipinski definition) is 2. The van der Waals surface area contributed by atoms with E-state index in [2.05, 4.69) is 10.2 Å². The van der Waals surface area contributed by atoms with E-state index in [1.165, 1.54) is 0 Å². The maximum Gasteiger partial charge on any atom is 0.127 e. The van der Waals surface area contributed by atoms with Crippen LogP contribution in [-0.4, -0.2) is 10.2 Å². The van der Waals surface area contributed by atoms with Gasteiger partial charge in [0.1, 0.15) is 4.64 Å². The number of fused-ring (bicyclic) bond motifs is 1. The molecule has 88 valence electrons. The zero-order valence-corrected chi connectivity index (χ0v) is 10.9. The molecule has 0 amide bonds. The maximum absolute atomic E-state index is 5.90. The van der Waals surface area contributed by atoms with Crippen LogP contribution in [0.2, 0.25) is 5.02 Å². The Morgan fingerprint density at radius 3 is 2.33 bits per heavy atom. The Balaban J connectivity index is 2.33. The van der Waals surface area contributed by atoms with Crippen LogP contribution in [0.1, 0.15) is 0 Å². The van der Waals surface area contributed by atoms with Gasteiger partial charge in [-0.1, -0.05) is 60.2 Å². The third-order valence-electron chi connectivity index (χ3n) is 2.81. The number of halogens is 1. The van der Waals surface area contributed by atoms with E-state index >= 15 is 0 Å². The quantitative estimate of drug-likeness (QED) is 0.655. The van der Waals surface area contributed by atoms with E-state index in [1.54, 1.807) is 0 Å². The number of hydrogen-bond donors (Lipinski definition) is 1. The molecule has 0 spiro atoms. The van der Waals surface area contributed by atoms with Gasteiger partial charge in [-0.3, -0.25) is 5.10 Å². The zero-order valence-electron chi connectivity index (χ0n) is 9.35. The Bertz CT molecular complexity index is 763. The van der Waals surface area contributed by atoms with Crippen LogP contribution in [0.5, 0.6) is 0 Å². The van der Waals surface area contributed by atoms with Gasteiger partial charge in [-0.15, -0.1) is 0 Å². The highest BCUT2D eigenvalue weighted by Crippen LogP contribution is 2.26. The van der Waals surface area contributed by atoms with Gasteiger partial charge in [-0.05, 0) is 12.1 Å². The van der Waals surface area contributed by atoms with Gasteiger partial charge in [0.2, 0.25) is 0 Å². The Kier molecular flexibility index (Phi) is 2.86. The molecule has 2 nitrogen and oxygen atoms in total. The van der Waals surface area contributed by atoms with E-state index in [9.17, 15) is 0 Å². The summed E-state index contributed by atoms with van der Waals surface area (Å²) in [7, 11) is 0. The van der Waals surface area contributed by atoms with E-state index in [4.69, 9.17) is 23.8 Å². The van der Waals surface area contributed by atoms with Gasteiger partial charge in [-0.2, -0.15) is 5.10 Å². The molecular formula is C14H9ClN2S. The molecule has 0 unspecified atom stereocenters. The summed E-state index contributed by atoms with van der Waals surface area (Å²) in [5.74, 6) is 0. The van der Waals surface area contributed by atoms with Crippen molar-refractivity contribution in [3.8, 4) is 11.3 Å². The molecule has 4 heteroatoms. The first-order valence-electron chi connectivity index (χ1n) is 5.49. The van der Waals surface area contributed by atoms with Gasteiger partial charge < -0.3 is 0 Å². The van der Waals surface area contributed by atoms with E-state index in [-0.39, 0.29) is 0 Å². The van der Waals surface area contributed by atoms with Crippen LogP contribution in [-0.2, 0) is 0 Å². The minimum Gasteiger partial charge on any atom is -0.267 e. The van der Waals surface area contributed by atoms with E-state index in [0.717, 1.165) is 22.0 Å². The highest BCUT2D eigenvalue weighted by atomic mass is 35.5. The number of H-pyrrole nitrogens is 1. The molecular weight excluding hydrogens is 264 g/mol. The number of nitrogens with one attached hydrogen (secondary N) is 1. The molecule has 1 aromatic heterocycles. The van der Waals surface area contributed by atoms with Gasteiger partial charge in [0.15, 0.2) is 0 Å². The minimum absolute atomic E-state index is 0.656. The van der Waals surface area contributed by atoms with Gasteiger partial charge >= 0.3 is 0 Å². The summed E-state index contributed by atoms with van der Waals surface area (Å²) >= 11 is 11.1. The SMILES string of the molecule is S=c1[nH]nc(-c2ccc(Cl)cc2)c2ccccc12. The summed E-state index contributed by atoms with van der Waals surface area (Å²) < 4.78 is 0.656. The molecule has 0 saturated heterocycles. The molecule has 0 aliphatic heterocycles. The lowest BCUT2D eigenvalue weighted by molar-refractivity contribution is 1.04. The molecule has 0 bridgehead atoms. The second-order valence-electron chi connectivity index (χ2n) is 3.95. The molecule has 1 heterocycles. The van der Waals surface area contributed by atoms with Crippen molar-refractivity contribution >= 4 is 34.6 Å². The smallest absolute Gasteiger partial charge is 0.127 e. The highest BCUT2D eigenvalue weighted by Gasteiger charge is 2.06. The van der Waals surface area contributed by atoms with Gasteiger partial charge in [0.05, 0.1) is 5.69 Å². The standard InChI is InChI=1S/C14H9ClN2S/c15-10-7-5-9(6-8-10)13-11-3-1-2-4-12(11)14(18)17-16-13/h1-8H,(H,17,18). The van der Waals surface area contributed by atoms with Crippen molar-refractivity contribution in [2.45, 2.75) is 0 Å². The number of aromatic nitrogens is 2. The molecule has 0 fully saturated rings. The van der Waals surface area contributed by atoms with E-state index in [1.807, 2.05) is 48.5 Å². The van der Waals surface area contributed by atoms with Crippen molar-refractivity contribution in [3.05, 3.63) is 58.2 Å². The van der Waals surface area contributed by atoms with Crippen LogP contribution in [0.15, 0.2) is 48.5 Å². The molecule has 0 aliphatic carbocycles. The first-order chi connectivity index (χ1) is 8.75. The fraction of sp³-hybridized carbons (Fsp3) is 0. The maximum atomic E-state index is 5.90. The Labute approximate surface area is 114 Å². The van der Waals surface area contributed by atoms with Crippen LogP contribution < -0.4 is 0 Å². The fourth-order valence-corrected chi connectivity index (χ4v) is 2.29. The first-order valence-corrected chi connectivity index (χ1v) is 6.28. The van der Waals surface area contributed by atoms with Crippen LogP contribution in [0.25, 0.3) is 22.0 Å². The van der Waals surface area contributed by atoms with Gasteiger partial charge in [0, 0.05) is 21.4 Å². The van der Waals surface area contributed by atoms with Crippen molar-refractivity contribution in [1.82, 2.24) is 10.2 Å². The topological polar surface area (TPSA) is 28.7 Å². The summed E-state index contributed by atoms with van der Waals surface area (Å²) in [6.07, 6.45) is 0. The molecule has 2 aromatic carbocycles. The van der Waals surface area contributed by atoms with Crippen molar-refractivity contribution in [2.75, 3.05) is 0 Å². The third kappa shape index (κ3) is 1.92. The van der Waals surface area contributed by atoms with Crippen molar-refractivity contribution in [3.63, 3.8) is 0 Å². The van der Waals surface area contributed by atoms with Crippen LogP contribution in [0, 0.1) is 4.64 Å². The van der Waals surface area contributed by atoms with Crippen LogP contribution >= 0.6 is 23.8 Å². The average Bonchev–Trinajstić information content (AvgIpc) is 2.41. The van der Waals surface area contributed by atoms with Crippen molar-refractivity contribution in [1.29, 1.82) is 0 Å². The van der Waals surface area contributed by atoms with Gasteiger partial charge in [-0.25, -0.2) is 0 Å². The lowest BCUT2D eigenvalue weighted by Crippen LogP contribution is -1.90. The largest absolute Gasteiger partial charge is 0.267 e.